The summed E-state index contributed by atoms with van der Waals surface area (Å²) in [5, 5.41) is 2.18. The van der Waals surface area contributed by atoms with Gasteiger partial charge < -0.3 is 4.42 Å². The quantitative estimate of drug-likeness (QED) is 0.194. The Morgan fingerprint density at radius 1 is 0.360 bits per heavy atom. The number of furan rings is 1. The van der Waals surface area contributed by atoms with Crippen LogP contribution >= 0.6 is 0 Å². The normalized spacial score (nSPS) is 13.4. The smallest absolute Gasteiger partial charge is 0.160 e. The van der Waals surface area contributed by atoms with Crippen LogP contribution in [0.15, 0.2) is 174 Å². The molecule has 3 heteroatoms. The minimum absolute atomic E-state index is 0.403. The molecular weight excluding hydrogens is 609 g/mol. The maximum Gasteiger partial charge on any atom is 0.160 e. The van der Waals surface area contributed by atoms with Crippen LogP contribution in [0.2, 0.25) is 0 Å². The number of rotatable bonds is 3. The summed E-state index contributed by atoms with van der Waals surface area (Å²) in [6.07, 6.45) is 0. The van der Waals surface area contributed by atoms with Gasteiger partial charge in [0.1, 0.15) is 11.2 Å². The van der Waals surface area contributed by atoms with Crippen molar-refractivity contribution in [3.05, 3.63) is 192 Å². The fourth-order valence-corrected chi connectivity index (χ4v) is 8.59. The van der Waals surface area contributed by atoms with Gasteiger partial charge in [-0.05, 0) is 80.9 Å². The van der Waals surface area contributed by atoms with Crippen LogP contribution in [0.1, 0.15) is 22.3 Å². The lowest BCUT2D eigenvalue weighted by Gasteiger charge is -2.30. The van der Waals surface area contributed by atoms with Crippen LogP contribution in [-0.2, 0) is 5.41 Å². The Morgan fingerprint density at radius 2 is 0.880 bits per heavy atom. The van der Waals surface area contributed by atoms with Crippen LogP contribution < -0.4 is 0 Å². The molecule has 232 valence electrons. The number of hydrogen-bond donors (Lipinski definition) is 0. The summed E-state index contributed by atoms with van der Waals surface area (Å²) in [6.45, 7) is 0. The van der Waals surface area contributed by atoms with Gasteiger partial charge in [0.05, 0.1) is 16.8 Å². The number of aromatic nitrogens is 2. The highest BCUT2D eigenvalue weighted by Crippen LogP contribution is 2.63. The summed E-state index contributed by atoms with van der Waals surface area (Å²) < 4.78 is 6.70. The van der Waals surface area contributed by atoms with Gasteiger partial charge in [-0.2, -0.15) is 0 Å². The predicted molar refractivity (Wildman–Crippen MR) is 202 cm³/mol. The summed E-state index contributed by atoms with van der Waals surface area (Å²) in [6, 6.07) is 60.5. The fraction of sp³-hybridized carbons (Fsp3) is 0.0213. The fourth-order valence-electron chi connectivity index (χ4n) is 8.59. The Labute approximate surface area is 289 Å². The van der Waals surface area contributed by atoms with E-state index in [0.29, 0.717) is 5.82 Å². The molecule has 0 radical (unpaired) electrons. The van der Waals surface area contributed by atoms with Gasteiger partial charge in [-0.25, -0.2) is 9.97 Å². The number of benzene rings is 7. The Bertz CT molecular complexity index is 2710. The van der Waals surface area contributed by atoms with Crippen molar-refractivity contribution >= 4 is 21.9 Å². The summed E-state index contributed by atoms with van der Waals surface area (Å²) in [5.74, 6) is 0.705. The predicted octanol–water partition coefficient (Wildman–Crippen LogP) is 11.7. The van der Waals surface area contributed by atoms with Gasteiger partial charge in [-0.1, -0.05) is 133 Å². The molecule has 2 aromatic heterocycles. The molecule has 0 saturated carbocycles. The molecule has 11 rings (SSSR count). The van der Waals surface area contributed by atoms with Crippen molar-refractivity contribution in [3.8, 4) is 56.2 Å². The molecule has 50 heavy (non-hydrogen) atoms. The molecule has 7 aromatic carbocycles. The molecule has 3 nitrogen and oxygen atoms in total. The average Bonchev–Trinajstić information content (AvgIpc) is 3.80. The molecular formula is C47H28N2O. The van der Waals surface area contributed by atoms with Crippen LogP contribution in [0, 0.1) is 0 Å². The number of nitrogens with zero attached hydrogens (tertiary/aromatic N) is 2. The molecule has 0 bridgehead atoms. The highest BCUT2D eigenvalue weighted by Gasteiger charge is 2.51. The van der Waals surface area contributed by atoms with Crippen molar-refractivity contribution in [1.82, 2.24) is 9.97 Å². The molecule has 2 aliphatic rings. The zero-order valence-electron chi connectivity index (χ0n) is 27.0. The van der Waals surface area contributed by atoms with E-state index in [1.807, 2.05) is 36.4 Å². The summed E-state index contributed by atoms with van der Waals surface area (Å²) >= 11 is 0. The van der Waals surface area contributed by atoms with Gasteiger partial charge in [0.2, 0.25) is 0 Å². The van der Waals surface area contributed by atoms with E-state index in [2.05, 4.69) is 133 Å². The second-order valence-corrected chi connectivity index (χ2v) is 13.3. The number of hydrogen-bond acceptors (Lipinski definition) is 3. The first kappa shape index (κ1) is 27.4. The first-order chi connectivity index (χ1) is 24.8. The molecule has 0 saturated heterocycles. The lowest BCUT2D eigenvalue weighted by Crippen LogP contribution is -2.25. The van der Waals surface area contributed by atoms with E-state index in [1.165, 1.54) is 44.5 Å². The van der Waals surface area contributed by atoms with E-state index in [4.69, 9.17) is 14.4 Å². The third-order valence-corrected chi connectivity index (χ3v) is 10.7. The highest BCUT2D eigenvalue weighted by molar-refractivity contribution is 6.10. The van der Waals surface area contributed by atoms with Crippen LogP contribution in [0.25, 0.3) is 78.1 Å². The minimum Gasteiger partial charge on any atom is -0.456 e. The third-order valence-electron chi connectivity index (χ3n) is 10.7. The first-order valence-electron chi connectivity index (χ1n) is 17.1. The number of fused-ring (bicyclic) bond motifs is 13. The zero-order valence-corrected chi connectivity index (χ0v) is 27.0. The molecule has 0 aliphatic heterocycles. The molecule has 0 atom stereocenters. The van der Waals surface area contributed by atoms with Crippen molar-refractivity contribution in [1.29, 1.82) is 0 Å². The van der Waals surface area contributed by atoms with Gasteiger partial charge >= 0.3 is 0 Å². The standard InChI is InChI=1S/C47H28N2O/c1-3-13-29(14-4-1)42-28-43(49-46(48-42)30-15-5-2-6-16-30)31-23-24-44-36(25-31)37-26-35-34-19-9-12-22-40(34)47(41(35)27-45(37)50-44)38-20-10-7-17-32(38)33-18-8-11-21-39(33)47/h1-28H. The topological polar surface area (TPSA) is 38.9 Å². The summed E-state index contributed by atoms with van der Waals surface area (Å²) in [5.41, 5.74) is 16.6. The van der Waals surface area contributed by atoms with E-state index >= 15 is 0 Å². The SMILES string of the molecule is c1ccc(-c2cc(-c3ccc4oc5cc6c(cc5c4c3)-c3ccccc3C63c4ccccc4-c4ccccc43)nc(-c3ccccc3)n2)cc1. The zero-order chi connectivity index (χ0) is 32.8. The molecule has 0 unspecified atom stereocenters. The lowest BCUT2D eigenvalue weighted by molar-refractivity contribution is 0.666. The van der Waals surface area contributed by atoms with Gasteiger partial charge in [0.15, 0.2) is 5.82 Å². The molecule has 9 aromatic rings. The van der Waals surface area contributed by atoms with Crippen molar-refractivity contribution < 1.29 is 4.42 Å². The summed E-state index contributed by atoms with van der Waals surface area (Å²) in [4.78, 5) is 10.1. The van der Waals surface area contributed by atoms with Crippen molar-refractivity contribution in [3.63, 3.8) is 0 Å². The molecule has 2 aliphatic carbocycles. The maximum atomic E-state index is 6.70. The Kier molecular flexibility index (Phi) is 5.59. The van der Waals surface area contributed by atoms with Crippen LogP contribution in [-0.4, -0.2) is 9.97 Å². The maximum absolute atomic E-state index is 6.70. The van der Waals surface area contributed by atoms with Crippen LogP contribution in [0.3, 0.4) is 0 Å². The summed E-state index contributed by atoms with van der Waals surface area (Å²) in [7, 11) is 0. The lowest BCUT2D eigenvalue weighted by atomic mass is 9.70. The molecule has 0 amide bonds. The highest BCUT2D eigenvalue weighted by atomic mass is 16.3. The third kappa shape index (κ3) is 3.69. The minimum atomic E-state index is -0.403. The van der Waals surface area contributed by atoms with E-state index in [9.17, 15) is 0 Å². The molecule has 1 spiro atoms. The van der Waals surface area contributed by atoms with Crippen molar-refractivity contribution in [2.24, 2.45) is 0 Å². The molecule has 2 heterocycles. The van der Waals surface area contributed by atoms with Crippen LogP contribution in [0.4, 0.5) is 0 Å². The second kappa shape index (κ2) is 10.2. The Hall–Kier alpha value is -6.58. The monoisotopic (exact) mass is 636 g/mol. The average molecular weight is 637 g/mol. The van der Waals surface area contributed by atoms with E-state index in [-0.39, 0.29) is 0 Å². The van der Waals surface area contributed by atoms with Crippen molar-refractivity contribution in [2.45, 2.75) is 5.41 Å². The molecule has 0 fully saturated rings. The Morgan fingerprint density at radius 3 is 1.52 bits per heavy atom. The van der Waals surface area contributed by atoms with Gasteiger partial charge in [-0.3, -0.25) is 0 Å². The largest absolute Gasteiger partial charge is 0.456 e. The van der Waals surface area contributed by atoms with Crippen LogP contribution in [0.5, 0.6) is 0 Å². The van der Waals surface area contributed by atoms with E-state index < -0.39 is 5.41 Å². The van der Waals surface area contributed by atoms with Gasteiger partial charge in [0.25, 0.3) is 0 Å². The van der Waals surface area contributed by atoms with E-state index in [1.54, 1.807) is 0 Å². The van der Waals surface area contributed by atoms with Crippen molar-refractivity contribution in [2.75, 3.05) is 0 Å². The molecule has 0 N–H and O–H groups in total. The Balaban J connectivity index is 1.14. The van der Waals surface area contributed by atoms with Gasteiger partial charge in [0, 0.05) is 27.5 Å². The second-order valence-electron chi connectivity index (χ2n) is 13.3. The first-order valence-corrected chi connectivity index (χ1v) is 17.1. The van der Waals surface area contributed by atoms with E-state index in [0.717, 1.165) is 50.0 Å². The van der Waals surface area contributed by atoms with Gasteiger partial charge in [-0.15, -0.1) is 0 Å².